The van der Waals surface area contributed by atoms with Gasteiger partial charge in [-0.1, -0.05) is 6.07 Å². The van der Waals surface area contributed by atoms with Crippen LogP contribution in [-0.4, -0.2) is 34.9 Å². The molecule has 2 atom stereocenters. The molecule has 0 aromatic carbocycles. The molecule has 1 N–H and O–H groups in total. The number of pyridine rings is 1. The Labute approximate surface area is 84.6 Å². The number of hydrogen-bond donors (Lipinski definition) is 1. The Morgan fingerprint density at radius 3 is 3.14 bits per heavy atom. The van der Waals surface area contributed by atoms with Gasteiger partial charge in [-0.2, -0.15) is 0 Å². The molecule has 1 aliphatic rings. The van der Waals surface area contributed by atoms with E-state index in [2.05, 4.69) is 18.1 Å². The second-order valence-corrected chi connectivity index (χ2v) is 4.29. The van der Waals surface area contributed by atoms with Gasteiger partial charge in [0.05, 0.1) is 13.6 Å². The van der Waals surface area contributed by atoms with Crippen LogP contribution in [0.3, 0.4) is 0 Å². The summed E-state index contributed by atoms with van der Waals surface area (Å²) in [5.41, 5.74) is 1.25. The van der Waals surface area contributed by atoms with Crippen molar-refractivity contribution in [1.82, 2.24) is 4.98 Å². The van der Waals surface area contributed by atoms with Crippen molar-refractivity contribution in [2.45, 2.75) is 18.9 Å². The molecule has 1 aromatic heterocycles. The lowest BCUT2D eigenvalue weighted by Gasteiger charge is -2.33. The van der Waals surface area contributed by atoms with Gasteiger partial charge < -0.3 is 5.11 Å². The molecular weight excluding hydrogens is 176 g/mol. The van der Waals surface area contributed by atoms with Crippen molar-refractivity contribution in [2.75, 3.05) is 20.3 Å². The first-order valence-corrected chi connectivity index (χ1v) is 5.11. The maximum atomic E-state index is 9.41. The van der Waals surface area contributed by atoms with Gasteiger partial charge in [0.25, 0.3) is 0 Å². The number of aliphatic hydroxyl groups is 1. The molecular formula is C11H17N2O+. The molecule has 2 rings (SSSR count). The van der Waals surface area contributed by atoms with Gasteiger partial charge in [0.1, 0.15) is 6.04 Å². The fourth-order valence-corrected chi connectivity index (χ4v) is 2.38. The number of quaternary nitrogens is 1. The van der Waals surface area contributed by atoms with E-state index in [0.717, 1.165) is 17.4 Å². The average molecular weight is 193 g/mol. The molecule has 2 unspecified atom stereocenters. The van der Waals surface area contributed by atoms with E-state index in [1.54, 1.807) is 6.20 Å². The summed E-state index contributed by atoms with van der Waals surface area (Å²) in [7, 11) is 2.12. The topological polar surface area (TPSA) is 33.1 Å². The molecule has 1 saturated heterocycles. The fourth-order valence-electron chi connectivity index (χ4n) is 2.38. The van der Waals surface area contributed by atoms with E-state index in [-0.39, 0.29) is 6.73 Å². The van der Waals surface area contributed by atoms with Gasteiger partial charge >= 0.3 is 0 Å². The van der Waals surface area contributed by atoms with E-state index >= 15 is 0 Å². The molecule has 14 heavy (non-hydrogen) atoms. The molecule has 0 bridgehead atoms. The van der Waals surface area contributed by atoms with E-state index in [4.69, 9.17) is 0 Å². The zero-order chi connectivity index (χ0) is 10.0. The van der Waals surface area contributed by atoms with Gasteiger partial charge in [0.15, 0.2) is 6.73 Å². The lowest BCUT2D eigenvalue weighted by molar-refractivity contribution is -0.943. The van der Waals surface area contributed by atoms with Gasteiger partial charge in [-0.3, -0.25) is 9.47 Å². The van der Waals surface area contributed by atoms with Crippen molar-refractivity contribution in [2.24, 2.45) is 0 Å². The monoisotopic (exact) mass is 193 g/mol. The Bertz CT molecular complexity index is 301. The Hall–Kier alpha value is -0.930. The van der Waals surface area contributed by atoms with Crippen LogP contribution in [0.1, 0.15) is 24.4 Å². The molecule has 3 nitrogen and oxygen atoms in total. The smallest absolute Gasteiger partial charge is 0.180 e. The summed E-state index contributed by atoms with van der Waals surface area (Å²) in [4.78, 5) is 4.14. The minimum absolute atomic E-state index is 0.222. The molecule has 1 fully saturated rings. The lowest BCUT2D eigenvalue weighted by atomic mass is 10.1. The SMILES string of the molecule is C[N+]1(CO)CCCC1c1cccnc1. The average Bonchev–Trinajstić information content (AvgIpc) is 2.63. The van der Waals surface area contributed by atoms with Gasteiger partial charge in [0.2, 0.25) is 0 Å². The van der Waals surface area contributed by atoms with Gasteiger partial charge in [0, 0.05) is 30.8 Å². The maximum absolute atomic E-state index is 9.41. The minimum Gasteiger partial charge on any atom is -0.347 e. The summed E-state index contributed by atoms with van der Waals surface area (Å²) in [6, 6.07) is 4.50. The van der Waals surface area contributed by atoms with Crippen molar-refractivity contribution in [1.29, 1.82) is 0 Å². The van der Waals surface area contributed by atoms with Crippen LogP contribution in [0, 0.1) is 0 Å². The summed E-state index contributed by atoms with van der Waals surface area (Å²) in [6.45, 7) is 1.29. The van der Waals surface area contributed by atoms with Crippen LogP contribution in [0.15, 0.2) is 24.5 Å². The molecule has 1 aromatic rings. The number of aliphatic hydroxyl groups excluding tert-OH is 1. The zero-order valence-corrected chi connectivity index (χ0v) is 8.56. The predicted molar refractivity (Wildman–Crippen MR) is 54.3 cm³/mol. The number of likely N-dealkylation sites (tertiary alicyclic amines) is 1. The second-order valence-electron chi connectivity index (χ2n) is 4.29. The molecule has 3 heteroatoms. The van der Waals surface area contributed by atoms with Gasteiger partial charge in [-0.05, 0) is 6.07 Å². The van der Waals surface area contributed by atoms with Crippen LogP contribution in [-0.2, 0) is 0 Å². The van der Waals surface area contributed by atoms with Crippen LogP contribution in [0.4, 0.5) is 0 Å². The van der Waals surface area contributed by atoms with E-state index in [0.29, 0.717) is 6.04 Å². The Balaban J connectivity index is 2.26. The molecule has 0 saturated carbocycles. The number of hydrogen-bond acceptors (Lipinski definition) is 2. The number of rotatable bonds is 2. The summed E-state index contributed by atoms with van der Waals surface area (Å²) in [5.74, 6) is 0. The first-order chi connectivity index (χ1) is 6.76. The molecule has 2 heterocycles. The summed E-state index contributed by atoms with van der Waals surface area (Å²) < 4.78 is 0.742. The van der Waals surface area contributed by atoms with Gasteiger partial charge in [-0.25, -0.2) is 0 Å². The molecule has 0 spiro atoms. The van der Waals surface area contributed by atoms with Crippen molar-refractivity contribution in [3.05, 3.63) is 30.1 Å². The predicted octanol–water partition coefficient (Wildman–Crippen LogP) is 1.31. The molecule has 0 amide bonds. The van der Waals surface area contributed by atoms with Crippen molar-refractivity contribution in [3.63, 3.8) is 0 Å². The van der Waals surface area contributed by atoms with Crippen molar-refractivity contribution < 1.29 is 9.59 Å². The lowest BCUT2D eigenvalue weighted by Crippen LogP contribution is -2.43. The largest absolute Gasteiger partial charge is 0.347 e. The Morgan fingerprint density at radius 1 is 1.64 bits per heavy atom. The second kappa shape index (κ2) is 3.67. The molecule has 0 aliphatic carbocycles. The summed E-state index contributed by atoms with van der Waals surface area (Å²) in [6.07, 6.45) is 6.06. The highest BCUT2D eigenvalue weighted by Crippen LogP contribution is 2.36. The van der Waals surface area contributed by atoms with Crippen molar-refractivity contribution >= 4 is 0 Å². The fraction of sp³-hybridized carbons (Fsp3) is 0.545. The molecule has 0 radical (unpaired) electrons. The third kappa shape index (κ3) is 1.53. The maximum Gasteiger partial charge on any atom is 0.180 e. The first-order valence-electron chi connectivity index (χ1n) is 5.11. The van der Waals surface area contributed by atoms with E-state index < -0.39 is 0 Å². The van der Waals surface area contributed by atoms with Crippen LogP contribution in [0.2, 0.25) is 0 Å². The van der Waals surface area contributed by atoms with Crippen LogP contribution >= 0.6 is 0 Å². The summed E-state index contributed by atoms with van der Waals surface area (Å²) >= 11 is 0. The van der Waals surface area contributed by atoms with Crippen molar-refractivity contribution in [3.8, 4) is 0 Å². The highest BCUT2D eigenvalue weighted by molar-refractivity contribution is 5.12. The highest BCUT2D eigenvalue weighted by atomic mass is 16.3. The quantitative estimate of drug-likeness (QED) is 0.718. The Kier molecular flexibility index (Phi) is 2.52. The van der Waals surface area contributed by atoms with Crippen LogP contribution in [0.25, 0.3) is 0 Å². The molecule has 76 valence electrons. The number of nitrogens with zero attached hydrogens (tertiary/aromatic N) is 2. The standard InChI is InChI=1S/C11H17N2O/c1-13(9-14)7-3-5-11(13)10-4-2-6-12-8-10/h2,4,6,8,11,14H,3,5,7,9H2,1H3/q+1. The third-order valence-corrected chi connectivity index (χ3v) is 3.29. The number of aromatic nitrogens is 1. The third-order valence-electron chi connectivity index (χ3n) is 3.29. The zero-order valence-electron chi connectivity index (χ0n) is 8.56. The normalized spacial score (nSPS) is 32.0. The van der Waals surface area contributed by atoms with E-state index in [1.807, 2.05) is 12.3 Å². The first kappa shape index (κ1) is 9.62. The van der Waals surface area contributed by atoms with E-state index in [1.165, 1.54) is 12.0 Å². The van der Waals surface area contributed by atoms with Gasteiger partial charge in [-0.15, -0.1) is 0 Å². The van der Waals surface area contributed by atoms with Crippen LogP contribution in [0.5, 0.6) is 0 Å². The van der Waals surface area contributed by atoms with E-state index in [9.17, 15) is 5.11 Å². The highest BCUT2D eigenvalue weighted by Gasteiger charge is 2.38. The molecule has 1 aliphatic heterocycles. The summed E-state index contributed by atoms with van der Waals surface area (Å²) in [5, 5.41) is 9.41. The Morgan fingerprint density at radius 2 is 2.50 bits per heavy atom. The minimum atomic E-state index is 0.222. The van der Waals surface area contributed by atoms with Crippen LogP contribution < -0.4 is 0 Å².